The van der Waals surface area contributed by atoms with Gasteiger partial charge in [-0.05, 0) is 60.5 Å². The van der Waals surface area contributed by atoms with Crippen LogP contribution in [0.5, 0.6) is 5.88 Å². The minimum absolute atomic E-state index is 0.0388. The molecule has 0 aliphatic rings. The molecule has 0 saturated carbocycles. The Morgan fingerprint density at radius 1 is 1.08 bits per heavy atom. The summed E-state index contributed by atoms with van der Waals surface area (Å²) in [4.78, 5) is 18.6. The van der Waals surface area contributed by atoms with Crippen LogP contribution in [0.2, 0.25) is 0 Å². The Kier molecular flexibility index (Phi) is 6.80. The van der Waals surface area contributed by atoms with Gasteiger partial charge in [0.2, 0.25) is 10.0 Å². The first-order chi connectivity index (χ1) is 17.0. The lowest BCUT2D eigenvalue weighted by atomic mass is 9.97. The summed E-state index contributed by atoms with van der Waals surface area (Å²) in [5.41, 5.74) is 3.47. The lowest BCUT2D eigenvalue weighted by Crippen LogP contribution is -2.24. The Morgan fingerprint density at radius 2 is 1.81 bits per heavy atom. The van der Waals surface area contributed by atoms with E-state index in [4.69, 9.17) is 10.1 Å². The highest BCUT2D eigenvalue weighted by atomic mass is 32.2. The third-order valence-electron chi connectivity index (χ3n) is 5.76. The van der Waals surface area contributed by atoms with Crippen LogP contribution in [0.4, 0.5) is 15.8 Å². The summed E-state index contributed by atoms with van der Waals surface area (Å²) in [6, 6.07) is 17.8. The first-order valence-electron chi connectivity index (χ1n) is 11.0. The van der Waals surface area contributed by atoms with Crippen molar-refractivity contribution >= 4 is 44.0 Å². The number of aryl methyl sites for hydroxylation is 1. The van der Waals surface area contributed by atoms with Crippen LogP contribution in [0.1, 0.15) is 23.1 Å². The monoisotopic (exact) mass is 509 g/mol. The van der Waals surface area contributed by atoms with E-state index in [9.17, 15) is 22.7 Å². The number of carboxylic acids is 1. The van der Waals surface area contributed by atoms with Crippen molar-refractivity contribution in [3.05, 3.63) is 89.2 Å². The van der Waals surface area contributed by atoms with Gasteiger partial charge in [-0.25, -0.2) is 17.8 Å². The van der Waals surface area contributed by atoms with Crippen molar-refractivity contribution < 1.29 is 27.8 Å². The number of fused-ring (bicyclic) bond motifs is 1. The van der Waals surface area contributed by atoms with E-state index in [2.05, 4.69) is 4.98 Å². The molecular formula is C26H24FN3O5S. The van der Waals surface area contributed by atoms with Gasteiger partial charge in [-0.3, -0.25) is 9.10 Å². The number of rotatable bonds is 8. The summed E-state index contributed by atoms with van der Waals surface area (Å²) in [7, 11) is -1.98. The Balaban J connectivity index is 1.86. The van der Waals surface area contributed by atoms with E-state index < -0.39 is 21.8 Å². The topological polar surface area (TPSA) is 123 Å². The lowest BCUT2D eigenvalue weighted by molar-refractivity contribution is -0.136. The van der Waals surface area contributed by atoms with Gasteiger partial charge in [-0.15, -0.1) is 0 Å². The molecule has 36 heavy (non-hydrogen) atoms. The molecule has 0 atom stereocenters. The average Bonchev–Trinajstić information content (AvgIpc) is 3.15. The van der Waals surface area contributed by atoms with Gasteiger partial charge in [-0.1, -0.05) is 18.2 Å². The summed E-state index contributed by atoms with van der Waals surface area (Å²) < 4.78 is 38.7. The number of nitrogens with zero attached hydrogens (tertiary/aromatic N) is 2. The number of aliphatic imine (C=N–C) groups is 1. The summed E-state index contributed by atoms with van der Waals surface area (Å²) in [5.74, 6) is -1.57. The van der Waals surface area contributed by atoms with Crippen LogP contribution in [0.15, 0.2) is 71.7 Å². The van der Waals surface area contributed by atoms with Crippen LogP contribution < -0.4 is 4.31 Å². The fraction of sp³-hybridized carbons (Fsp3) is 0.154. The van der Waals surface area contributed by atoms with E-state index in [-0.39, 0.29) is 12.3 Å². The Morgan fingerprint density at radius 3 is 2.47 bits per heavy atom. The van der Waals surface area contributed by atoms with Crippen LogP contribution in [-0.2, 0) is 21.2 Å². The largest absolute Gasteiger partial charge is 0.494 e. The van der Waals surface area contributed by atoms with Crippen molar-refractivity contribution in [1.29, 1.82) is 0 Å². The normalized spacial score (nSPS) is 12.1. The molecule has 1 aromatic heterocycles. The number of sulfonamides is 1. The molecule has 0 aliphatic carbocycles. The van der Waals surface area contributed by atoms with Crippen LogP contribution in [-0.4, -0.2) is 48.6 Å². The van der Waals surface area contributed by atoms with E-state index in [1.165, 1.54) is 19.2 Å². The molecule has 0 bridgehead atoms. The number of carbonyl (C=O) groups is 1. The maximum absolute atomic E-state index is 13.8. The summed E-state index contributed by atoms with van der Waals surface area (Å²) in [6.07, 6.45) is 1.38. The average molecular weight is 510 g/mol. The van der Waals surface area contributed by atoms with E-state index in [1.54, 1.807) is 48.5 Å². The first kappa shape index (κ1) is 24.9. The number of aromatic nitrogens is 1. The fourth-order valence-corrected chi connectivity index (χ4v) is 4.35. The molecule has 8 nitrogen and oxygen atoms in total. The quantitative estimate of drug-likeness (QED) is 0.300. The van der Waals surface area contributed by atoms with Gasteiger partial charge in [0.05, 0.1) is 34.4 Å². The van der Waals surface area contributed by atoms with Crippen LogP contribution in [0.25, 0.3) is 10.9 Å². The minimum atomic E-state index is -3.43. The van der Waals surface area contributed by atoms with Crippen molar-refractivity contribution in [3.8, 4) is 5.88 Å². The van der Waals surface area contributed by atoms with Crippen molar-refractivity contribution in [2.24, 2.45) is 4.99 Å². The van der Waals surface area contributed by atoms with Gasteiger partial charge in [0.1, 0.15) is 5.82 Å². The van der Waals surface area contributed by atoms with E-state index in [1.807, 2.05) is 6.07 Å². The van der Waals surface area contributed by atoms with Gasteiger partial charge >= 0.3 is 5.97 Å². The zero-order valence-electron chi connectivity index (χ0n) is 19.6. The molecule has 3 N–H and O–H groups in total. The molecule has 0 radical (unpaired) electrons. The van der Waals surface area contributed by atoms with E-state index in [0.29, 0.717) is 45.5 Å². The molecule has 0 unspecified atom stereocenters. The molecule has 0 saturated heterocycles. The zero-order chi connectivity index (χ0) is 26.0. The Hall–Kier alpha value is -4.18. The summed E-state index contributed by atoms with van der Waals surface area (Å²) >= 11 is 0. The third kappa shape index (κ3) is 5.38. The van der Waals surface area contributed by atoms with Gasteiger partial charge in [-0.2, -0.15) is 0 Å². The lowest BCUT2D eigenvalue weighted by Gasteiger charge is -2.16. The predicted octanol–water partition coefficient (Wildman–Crippen LogP) is 4.59. The number of aromatic amines is 1. The summed E-state index contributed by atoms with van der Waals surface area (Å²) in [6.45, 7) is 0. The molecule has 0 amide bonds. The molecule has 4 aromatic rings. The number of halogens is 1. The molecule has 3 aromatic carbocycles. The number of anilines is 1. The van der Waals surface area contributed by atoms with Gasteiger partial charge < -0.3 is 15.2 Å². The maximum Gasteiger partial charge on any atom is 0.303 e. The second-order valence-corrected chi connectivity index (χ2v) is 10.4. The van der Waals surface area contributed by atoms with Crippen LogP contribution in [0, 0.1) is 5.82 Å². The number of aliphatic carboxylic acids is 1. The first-order valence-corrected chi connectivity index (χ1v) is 12.8. The highest BCUT2D eigenvalue weighted by molar-refractivity contribution is 7.92. The number of H-pyrrole nitrogens is 1. The van der Waals surface area contributed by atoms with Crippen molar-refractivity contribution in [2.75, 3.05) is 17.6 Å². The molecule has 4 rings (SSSR count). The molecule has 0 fully saturated rings. The number of hydrogen-bond donors (Lipinski definition) is 3. The van der Waals surface area contributed by atoms with Crippen LogP contribution in [0.3, 0.4) is 0 Å². The zero-order valence-corrected chi connectivity index (χ0v) is 20.4. The Bertz CT molecular complexity index is 1580. The van der Waals surface area contributed by atoms with Gasteiger partial charge in [0, 0.05) is 24.4 Å². The number of aromatic hydroxyl groups is 1. The van der Waals surface area contributed by atoms with Gasteiger partial charge in [0.15, 0.2) is 5.88 Å². The molecule has 186 valence electrons. The highest BCUT2D eigenvalue weighted by Crippen LogP contribution is 2.32. The number of hydrogen-bond acceptors (Lipinski definition) is 5. The molecule has 10 heteroatoms. The maximum atomic E-state index is 13.8. The molecule has 0 aliphatic heterocycles. The number of benzene rings is 3. The van der Waals surface area contributed by atoms with Crippen LogP contribution >= 0.6 is 0 Å². The second kappa shape index (κ2) is 9.82. The number of carboxylic acid groups (broad SMARTS) is 1. The van der Waals surface area contributed by atoms with Crippen molar-refractivity contribution in [2.45, 2.75) is 12.8 Å². The predicted molar refractivity (Wildman–Crippen MR) is 137 cm³/mol. The number of nitrogens with one attached hydrogen (secondary N) is 1. The Labute approximate surface area is 207 Å². The highest BCUT2D eigenvalue weighted by Gasteiger charge is 2.20. The molecule has 0 spiro atoms. The van der Waals surface area contributed by atoms with E-state index in [0.717, 1.165) is 16.1 Å². The standard InChI is InChI=1S/C26H24FN3O5S/c1-30(36(2,34)35)20-10-8-19(9-11-20)28-25(17-5-3-4-16(14-17)6-13-23(31)32)24-21-12-7-18(27)15-22(21)29-26(24)33/h3-5,7-12,14-15,29,33H,6,13H2,1-2H3,(H,31,32). The van der Waals surface area contributed by atoms with E-state index >= 15 is 0 Å². The van der Waals surface area contributed by atoms with Crippen molar-refractivity contribution in [3.63, 3.8) is 0 Å². The summed E-state index contributed by atoms with van der Waals surface area (Å²) in [5, 5.41) is 20.4. The fourth-order valence-electron chi connectivity index (χ4n) is 3.84. The SMILES string of the molecule is CN(c1ccc(N=C(c2cccc(CCC(=O)O)c2)c2c(O)[nH]c3cc(F)ccc23)cc1)S(C)(=O)=O. The molecule has 1 heterocycles. The third-order valence-corrected chi connectivity index (χ3v) is 6.96. The molecular weight excluding hydrogens is 485 g/mol. The smallest absolute Gasteiger partial charge is 0.303 e. The van der Waals surface area contributed by atoms with Crippen molar-refractivity contribution in [1.82, 2.24) is 4.98 Å². The van der Waals surface area contributed by atoms with Gasteiger partial charge in [0.25, 0.3) is 0 Å². The second-order valence-electron chi connectivity index (χ2n) is 8.34. The minimum Gasteiger partial charge on any atom is -0.494 e.